The largest absolute Gasteiger partial charge is 0.471 e. The molecular weight excluding hydrogens is 321 g/mol. The minimum absolute atomic E-state index is 0.0175. The molecule has 0 bridgehead atoms. The lowest BCUT2D eigenvalue weighted by Crippen LogP contribution is -2.01. The smallest absolute Gasteiger partial charge is 0.251 e. The van der Waals surface area contributed by atoms with Crippen LogP contribution in [0.2, 0.25) is 0 Å². The molecule has 0 aliphatic rings. The van der Waals surface area contributed by atoms with E-state index in [9.17, 15) is 4.39 Å². The molecule has 1 aromatic carbocycles. The van der Waals surface area contributed by atoms with E-state index < -0.39 is 5.82 Å². The molecule has 2 aromatic rings. The second-order valence-corrected chi connectivity index (χ2v) is 4.82. The number of rotatable bonds is 4. The van der Waals surface area contributed by atoms with E-state index in [1.807, 2.05) is 24.3 Å². The average Bonchev–Trinajstić information content (AvgIpc) is 2.39. The second kappa shape index (κ2) is 6.16. The number of aromatic nitrogens is 1. The summed E-state index contributed by atoms with van der Waals surface area (Å²) in [7, 11) is 0. The lowest BCUT2D eigenvalue weighted by Gasteiger charge is -2.08. The molecule has 18 heavy (non-hydrogen) atoms. The van der Waals surface area contributed by atoms with Crippen LogP contribution in [-0.4, -0.2) is 4.98 Å². The maximum absolute atomic E-state index is 13.8. The first kappa shape index (κ1) is 13.3. The van der Waals surface area contributed by atoms with Crippen molar-refractivity contribution in [3.63, 3.8) is 0 Å². The molecule has 1 aromatic heterocycles. The fraction of sp³-hybridized carbons (Fsp3) is 0.154. The third kappa shape index (κ3) is 3.21. The Labute approximate surface area is 118 Å². The van der Waals surface area contributed by atoms with Crippen LogP contribution in [0.25, 0.3) is 0 Å². The highest BCUT2D eigenvalue weighted by Gasteiger charge is 2.09. The van der Waals surface area contributed by atoms with Gasteiger partial charge in [0.15, 0.2) is 5.82 Å². The quantitative estimate of drug-likeness (QED) is 0.780. The van der Waals surface area contributed by atoms with Gasteiger partial charge in [0.25, 0.3) is 5.88 Å². The van der Waals surface area contributed by atoms with Gasteiger partial charge in [0.05, 0.1) is 5.88 Å². The minimum atomic E-state index is -0.496. The van der Waals surface area contributed by atoms with Crippen LogP contribution in [0.15, 0.2) is 41.0 Å². The zero-order valence-corrected chi connectivity index (χ0v) is 11.7. The Morgan fingerprint density at radius 3 is 2.61 bits per heavy atom. The summed E-state index contributed by atoms with van der Waals surface area (Å²) in [4.78, 5) is 3.85. The normalized spacial score (nSPS) is 10.4. The van der Waals surface area contributed by atoms with Crippen LogP contribution in [0.1, 0.15) is 11.1 Å². The SMILES string of the molecule is Fc1c(CCl)ccnc1OCc1ccc(Br)cc1. The zero-order chi connectivity index (χ0) is 13.0. The molecule has 94 valence electrons. The molecule has 5 heteroatoms. The molecule has 0 fully saturated rings. The first-order valence-corrected chi connectivity index (χ1v) is 6.60. The second-order valence-electron chi connectivity index (χ2n) is 3.64. The molecule has 0 saturated heterocycles. The van der Waals surface area contributed by atoms with Crippen molar-refractivity contribution in [3.05, 3.63) is 57.9 Å². The molecule has 0 N–H and O–H groups in total. The highest BCUT2D eigenvalue weighted by Crippen LogP contribution is 2.20. The van der Waals surface area contributed by atoms with Crippen molar-refractivity contribution >= 4 is 27.5 Å². The van der Waals surface area contributed by atoms with E-state index in [-0.39, 0.29) is 18.4 Å². The van der Waals surface area contributed by atoms with E-state index in [1.54, 1.807) is 0 Å². The number of hydrogen-bond acceptors (Lipinski definition) is 2. The summed E-state index contributed by atoms with van der Waals surface area (Å²) in [5, 5.41) is 0. The van der Waals surface area contributed by atoms with Crippen molar-refractivity contribution in [1.29, 1.82) is 0 Å². The average molecular weight is 331 g/mol. The van der Waals surface area contributed by atoms with Gasteiger partial charge in [0.2, 0.25) is 0 Å². The molecular formula is C13H10BrClFNO. The van der Waals surface area contributed by atoms with E-state index in [2.05, 4.69) is 20.9 Å². The van der Waals surface area contributed by atoms with E-state index in [1.165, 1.54) is 12.3 Å². The number of nitrogens with zero attached hydrogens (tertiary/aromatic N) is 1. The van der Waals surface area contributed by atoms with Gasteiger partial charge < -0.3 is 4.74 Å². The predicted octanol–water partition coefficient (Wildman–Crippen LogP) is 4.30. The van der Waals surface area contributed by atoms with Gasteiger partial charge in [-0.05, 0) is 23.8 Å². The lowest BCUT2D eigenvalue weighted by molar-refractivity contribution is 0.276. The Morgan fingerprint density at radius 2 is 1.94 bits per heavy atom. The Bertz CT molecular complexity index is 533. The summed E-state index contributed by atoms with van der Waals surface area (Å²) in [5.74, 6) is -0.413. The first-order chi connectivity index (χ1) is 8.70. The Morgan fingerprint density at radius 1 is 1.22 bits per heavy atom. The van der Waals surface area contributed by atoms with E-state index in [4.69, 9.17) is 16.3 Å². The molecule has 1 heterocycles. The number of pyridine rings is 1. The van der Waals surface area contributed by atoms with Gasteiger partial charge in [0, 0.05) is 16.2 Å². The number of alkyl halides is 1. The van der Waals surface area contributed by atoms with Crippen molar-refractivity contribution in [3.8, 4) is 5.88 Å². The van der Waals surface area contributed by atoms with Gasteiger partial charge in [-0.2, -0.15) is 0 Å². The van der Waals surface area contributed by atoms with Gasteiger partial charge in [-0.15, -0.1) is 11.6 Å². The van der Waals surface area contributed by atoms with E-state index in [0.29, 0.717) is 5.56 Å². The maximum Gasteiger partial charge on any atom is 0.251 e. The fourth-order valence-corrected chi connectivity index (χ4v) is 1.87. The molecule has 0 aliphatic carbocycles. The molecule has 0 aliphatic heterocycles. The van der Waals surface area contributed by atoms with Crippen LogP contribution in [0.3, 0.4) is 0 Å². The van der Waals surface area contributed by atoms with Gasteiger partial charge in [-0.25, -0.2) is 9.37 Å². The molecule has 0 radical (unpaired) electrons. The minimum Gasteiger partial charge on any atom is -0.471 e. The Balaban J connectivity index is 2.08. The van der Waals surface area contributed by atoms with Crippen LogP contribution in [-0.2, 0) is 12.5 Å². The third-order valence-electron chi connectivity index (χ3n) is 2.37. The van der Waals surface area contributed by atoms with Crippen molar-refractivity contribution in [2.24, 2.45) is 0 Å². The molecule has 0 amide bonds. The molecule has 0 saturated carbocycles. The number of ether oxygens (including phenoxy) is 1. The molecule has 0 spiro atoms. The molecule has 0 atom stereocenters. The van der Waals surface area contributed by atoms with Crippen LogP contribution in [0.5, 0.6) is 5.88 Å². The van der Waals surface area contributed by atoms with E-state index >= 15 is 0 Å². The number of benzene rings is 1. The summed E-state index contributed by atoms with van der Waals surface area (Å²) in [6.45, 7) is 0.267. The topological polar surface area (TPSA) is 22.1 Å². The summed E-state index contributed by atoms with van der Waals surface area (Å²) in [6.07, 6.45) is 1.48. The highest BCUT2D eigenvalue weighted by atomic mass is 79.9. The van der Waals surface area contributed by atoms with E-state index in [0.717, 1.165) is 10.0 Å². The molecule has 2 nitrogen and oxygen atoms in total. The van der Waals surface area contributed by atoms with Crippen molar-refractivity contribution in [2.45, 2.75) is 12.5 Å². The van der Waals surface area contributed by atoms with Gasteiger partial charge in [-0.1, -0.05) is 28.1 Å². The van der Waals surface area contributed by atoms with Crippen LogP contribution in [0, 0.1) is 5.82 Å². The Kier molecular flexibility index (Phi) is 4.55. The van der Waals surface area contributed by atoms with Gasteiger partial charge >= 0.3 is 0 Å². The summed E-state index contributed by atoms with van der Waals surface area (Å²) in [5.41, 5.74) is 1.33. The van der Waals surface area contributed by atoms with Gasteiger partial charge in [0.1, 0.15) is 6.61 Å². The van der Waals surface area contributed by atoms with Crippen molar-refractivity contribution < 1.29 is 9.13 Å². The Hall–Kier alpha value is -1.13. The van der Waals surface area contributed by atoms with Crippen molar-refractivity contribution in [1.82, 2.24) is 4.98 Å². The monoisotopic (exact) mass is 329 g/mol. The highest BCUT2D eigenvalue weighted by molar-refractivity contribution is 9.10. The summed E-state index contributed by atoms with van der Waals surface area (Å²) in [6, 6.07) is 9.13. The molecule has 2 rings (SSSR count). The third-order valence-corrected chi connectivity index (χ3v) is 3.19. The summed E-state index contributed by atoms with van der Waals surface area (Å²) >= 11 is 8.95. The van der Waals surface area contributed by atoms with Crippen LogP contribution < -0.4 is 4.74 Å². The van der Waals surface area contributed by atoms with Crippen LogP contribution in [0.4, 0.5) is 4.39 Å². The molecule has 0 unspecified atom stereocenters. The maximum atomic E-state index is 13.8. The lowest BCUT2D eigenvalue weighted by atomic mass is 10.2. The standard InChI is InChI=1S/C13H10BrClFNO/c14-11-3-1-9(2-4-11)8-18-13-12(16)10(7-15)5-6-17-13/h1-6H,7-8H2. The van der Waals surface area contributed by atoms with Crippen LogP contribution >= 0.6 is 27.5 Å². The fourth-order valence-electron chi connectivity index (χ4n) is 1.40. The number of halogens is 3. The zero-order valence-electron chi connectivity index (χ0n) is 9.37. The van der Waals surface area contributed by atoms with Gasteiger partial charge in [-0.3, -0.25) is 0 Å². The first-order valence-electron chi connectivity index (χ1n) is 5.27. The summed E-state index contributed by atoms with van der Waals surface area (Å²) < 4.78 is 20.1. The van der Waals surface area contributed by atoms with Crippen molar-refractivity contribution in [2.75, 3.05) is 0 Å². The predicted molar refractivity (Wildman–Crippen MR) is 72.2 cm³/mol. The number of hydrogen-bond donors (Lipinski definition) is 0.